The van der Waals surface area contributed by atoms with E-state index in [-0.39, 0.29) is 11.5 Å². The third kappa shape index (κ3) is 4.37. The van der Waals surface area contributed by atoms with Crippen LogP contribution >= 0.6 is 15.9 Å². The van der Waals surface area contributed by atoms with Crippen LogP contribution in [-0.4, -0.2) is 4.98 Å². The van der Waals surface area contributed by atoms with Gasteiger partial charge in [-0.25, -0.2) is 0 Å². The highest BCUT2D eigenvalue weighted by Crippen LogP contribution is 2.24. The highest BCUT2D eigenvalue weighted by molar-refractivity contribution is 9.10. The zero-order chi connectivity index (χ0) is 15.5. The Labute approximate surface area is 135 Å². The van der Waals surface area contributed by atoms with Gasteiger partial charge in [-0.1, -0.05) is 45.0 Å². The van der Waals surface area contributed by atoms with Crippen molar-refractivity contribution in [3.8, 4) is 0 Å². The van der Waals surface area contributed by atoms with E-state index < -0.39 is 0 Å². The van der Waals surface area contributed by atoms with Gasteiger partial charge in [0.05, 0.1) is 11.7 Å². The van der Waals surface area contributed by atoms with Gasteiger partial charge in [0, 0.05) is 10.7 Å². The second kappa shape index (κ2) is 6.69. The van der Waals surface area contributed by atoms with Crippen molar-refractivity contribution in [3.05, 3.63) is 63.9 Å². The van der Waals surface area contributed by atoms with E-state index >= 15 is 0 Å². The number of halogens is 1. The van der Waals surface area contributed by atoms with Gasteiger partial charge in [-0.3, -0.25) is 16.3 Å². The molecular formula is C17H22BrN3. The minimum absolute atomic E-state index is 0.0126. The molecule has 0 saturated heterocycles. The molecule has 0 spiro atoms. The number of hydrogen-bond acceptors (Lipinski definition) is 3. The summed E-state index contributed by atoms with van der Waals surface area (Å²) in [5.74, 6) is 5.69. The molecule has 0 aliphatic rings. The van der Waals surface area contributed by atoms with E-state index in [1.807, 2.05) is 12.1 Å². The fraction of sp³-hybridized carbons (Fsp3) is 0.353. The Bertz CT molecular complexity index is 570. The molecule has 21 heavy (non-hydrogen) atoms. The number of rotatable bonds is 4. The van der Waals surface area contributed by atoms with Crippen LogP contribution in [0.5, 0.6) is 0 Å². The lowest BCUT2D eigenvalue weighted by Gasteiger charge is -2.20. The van der Waals surface area contributed by atoms with E-state index in [1.165, 1.54) is 11.1 Å². The SMILES string of the molecule is CC(C)(C)c1ccc(CC(NN)c2ccc(Br)cn2)cc1. The van der Waals surface area contributed by atoms with Crippen LogP contribution in [0.15, 0.2) is 47.1 Å². The van der Waals surface area contributed by atoms with E-state index in [1.54, 1.807) is 6.20 Å². The summed E-state index contributed by atoms with van der Waals surface area (Å²) in [7, 11) is 0. The molecule has 1 aromatic heterocycles. The smallest absolute Gasteiger partial charge is 0.0672 e. The maximum absolute atomic E-state index is 5.69. The highest BCUT2D eigenvalue weighted by atomic mass is 79.9. The number of pyridine rings is 1. The Kier molecular flexibility index (Phi) is 5.14. The average molecular weight is 348 g/mol. The van der Waals surface area contributed by atoms with Crippen molar-refractivity contribution in [2.24, 2.45) is 5.84 Å². The summed E-state index contributed by atoms with van der Waals surface area (Å²) in [5.41, 5.74) is 6.56. The summed E-state index contributed by atoms with van der Waals surface area (Å²) in [6.45, 7) is 6.66. The second-order valence-electron chi connectivity index (χ2n) is 6.27. The van der Waals surface area contributed by atoms with Crippen LogP contribution in [0.2, 0.25) is 0 Å². The molecule has 0 fully saturated rings. The van der Waals surface area contributed by atoms with E-state index in [2.05, 4.69) is 71.4 Å². The Morgan fingerprint density at radius 2 is 1.81 bits per heavy atom. The first-order valence-electron chi connectivity index (χ1n) is 7.07. The third-order valence-electron chi connectivity index (χ3n) is 3.57. The van der Waals surface area contributed by atoms with Crippen molar-refractivity contribution in [1.29, 1.82) is 0 Å². The van der Waals surface area contributed by atoms with Gasteiger partial charge in [0.15, 0.2) is 0 Å². The zero-order valence-electron chi connectivity index (χ0n) is 12.7. The van der Waals surface area contributed by atoms with Crippen molar-refractivity contribution in [1.82, 2.24) is 10.4 Å². The van der Waals surface area contributed by atoms with E-state index in [0.717, 1.165) is 16.6 Å². The lowest BCUT2D eigenvalue weighted by molar-refractivity contribution is 0.537. The molecule has 0 radical (unpaired) electrons. The molecule has 0 aliphatic carbocycles. The second-order valence-corrected chi connectivity index (χ2v) is 7.19. The first-order valence-corrected chi connectivity index (χ1v) is 7.86. The van der Waals surface area contributed by atoms with Crippen LogP contribution in [0.3, 0.4) is 0 Å². The van der Waals surface area contributed by atoms with Crippen LogP contribution in [-0.2, 0) is 11.8 Å². The molecule has 3 N–H and O–H groups in total. The highest BCUT2D eigenvalue weighted by Gasteiger charge is 2.15. The van der Waals surface area contributed by atoms with Gasteiger partial charge in [-0.05, 0) is 51.0 Å². The summed E-state index contributed by atoms with van der Waals surface area (Å²) < 4.78 is 0.969. The lowest BCUT2D eigenvalue weighted by atomic mass is 9.86. The molecule has 0 saturated carbocycles. The predicted molar refractivity (Wildman–Crippen MR) is 90.8 cm³/mol. The molecule has 3 nitrogen and oxygen atoms in total. The van der Waals surface area contributed by atoms with Crippen molar-refractivity contribution < 1.29 is 0 Å². The number of nitrogens with two attached hydrogens (primary N) is 1. The molecule has 2 rings (SSSR count). The number of aromatic nitrogens is 1. The average Bonchev–Trinajstić information content (AvgIpc) is 2.45. The van der Waals surface area contributed by atoms with Crippen molar-refractivity contribution in [2.75, 3.05) is 0 Å². The van der Waals surface area contributed by atoms with Crippen molar-refractivity contribution in [3.63, 3.8) is 0 Å². The largest absolute Gasteiger partial charge is 0.271 e. The summed E-state index contributed by atoms with van der Waals surface area (Å²) in [6, 6.07) is 12.7. The van der Waals surface area contributed by atoms with Crippen molar-refractivity contribution >= 4 is 15.9 Å². The Balaban J connectivity index is 2.13. The normalized spacial score (nSPS) is 13.2. The van der Waals surface area contributed by atoms with E-state index in [0.29, 0.717) is 0 Å². The molecule has 1 atom stereocenters. The van der Waals surface area contributed by atoms with Gasteiger partial charge < -0.3 is 0 Å². The molecule has 112 valence electrons. The van der Waals surface area contributed by atoms with Gasteiger partial charge in [-0.15, -0.1) is 0 Å². The van der Waals surface area contributed by atoms with Gasteiger partial charge in [-0.2, -0.15) is 0 Å². The van der Waals surface area contributed by atoms with Gasteiger partial charge in [0.1, 0.15) is 0 Å². The first-order chi connectivity index (χ1) is 9.90. The van der Waals surface area contributed by atoms with Crippen LogP contribution in [0.1, 0.15) is 43.6 Å². The molecule has 0 amide bonds. The minimum Gasteiger partial charge on any atom is -0.271 e. The molecule has 1 unspecified atom stereocenters. The number of nitrogens with zero attached hydrogens (tertiary/aromatic N) is 1. The van der Waals surface area contributed by atoms with Crippen LogP contribution in [0, 0.1) is 0 Å². The van der Waals surface area contributed by atoms with E-state index in [9.17, 15) is 0 Å². The molecule has 4 heteroatoms. The molecule has 0 bridgehead atoms. The monoisotopic (exact) mass is 347 g/mol. The molecule has 1 aromatic carbocycles. The zero-order valence-corrected chi connectivity index (χ0v) is 14.3. The Morgan fingerprint density at radius 1 is 1.14 bits per heavy atom. The maximum atomic E-state index is 5.69. The molecule has 2 aromatic rings. The molecular weight excluding hydrogens is 326 g/mol. The number of hydrogen-bond donors (Lipinski definition) is 2. The standard InChI is InChI=1S/C17H22BrN3/c1-17(2,3)13-6-4-12(5-7-13)10-16(21-19)15-9-8-14(18)11-20-15/h4-9,11,16,21H,10,19H2,1-3H3. The summed E-state index contributed by atoms with van der Waals surface area (Å²) in [5, 5.41) is 0. The summed E-state index contributed by atoms with van der Waals surface area (Å²) in [4.78, 5) is 4.41. The minimum atomic E-state index is 0.0126. The summed E-state index contributed by atoms with van der Waals surface area (Å²) >= 11 is 3.40. The van der Waals surface area contributed by atoms with Crippen LogP contribution < -0.4 is 11.3 Å². The van der Waals surface area contributed by atoms with Crippen LogP contribution in [0.4, 0.5) is 0 Å². The molecule has 1 heterocycles. The van der Waals surface area contributed by atoms with Crippen LogP contribution in [0.25, 0.3) is 0 Å². The maximum Gasteiger partial charge on any atom is 0.0672 e. The summed E-state index contributed by atoms with van der Waals surface area (Å²) in [6.07, 6.45) is 2.61. The lowest BCUT2D eigenvalue weighted by Crippen LogP contribution is -2.30. The Hall–Kier alpha value is -1.23. The third-order valence-corrected chi connectivity index (χ3v) is 4.04. The van der Waals surface area contributed by atoms with Gasteiger partial charge in [0.25, 0.3) is 0 Å². The predicted octanol–water partition coefficient (Wildman–Crippen LogP) is 3.89. The van der Waals surface area contributed by atoms with Gasteiger partial charge >= 0.3 is 0 Å². The molecule has 0 aliphatic heterocycles. The van der Waals surface area contributed by atoms with Crippen molar-refractivity contribution in [2.45, 2.75) is 38.6 Å². The Morgan fingerprint density at radius 3 is 2.29 bits per heavy atom. The quantitative estimate of drug-likeness (QED) is 0.651. The number of nitrogens with one attached hydrogen (secondary N) is 1. The first kappa shape index (κ1) is 16.1. The topological polar surface area (TPSA) is 50.9 Å². The number of hydrazine groups is 1. The fourth-order valence-corrected chi connectivity index (χ4v) is 2.45. The van der Waals surface area contributed by atoms with E-state index in [4.69, 9.17) is 5.84 Å². The number of benzene rings is 1. The van der Waals surface area contributed by atoms with Gasteiger partial charge in [0.2, 0.25) is 0 Å². The fourth-order valence-electron chi connectivity index (χ4n) is 2.22.